The number of benzene rings is 2. The zero-order valence-electron chi connectivity index (χ0n) is 14.4. The van der Waals surface area contributed by atoms with Gasteiger partial charge in [0.15, 0.2) is 0 Å². The van der Waals surface area contributed by atoms with Gasteiger partial charge in [-0.1, -0.05) is 60.7 Å². The minimum Gasteiger partial charge on any atom is -0.394 e. The number of hydrogen-bond acceptors (Lipinski definition) is 6. The summed E-state index contributed by atoms with van der Waals surface area (Å²) in [6.45, 7) is -0.777. The fourth-order valence-electron chi connectivity index (χ4n) is 3.01. The Morgan fingerprint density at radius 1 is 0.692 bits per heavy atom. The zero-order valence-corrected chi connectivity index (χ0v) is 14.4. The van der Waals surface area contributed by atoms with Crippen molar-refractivity contribution in [2.24, 2.45) is 0 Å². The van der Waals surface area contributed by atoms with Gasteiger partial charge in [0.2, 0.25) is 0 Å². The Kier molecular flexibility index (Phi) is 7.28. The summed E-state index contributed by atoms with van der Waals surface area (Å²) < 4.78 is 0. The quantitative estimate of drug-likeness (QED) is 0.362. The first kappa shape index (κ1) is 20.5. The Morgan fingerprint density at radius 3 is 1.50 bits per heavy atom. The molecule has 2 aromatic carbocycles. The minimum atomic E-state index is -1.84. The Balaban J connectivity index is 2.29. The highest BCUT2D eigenvalue weighted by Crippen LogP contribution is 2.26. The van der Waals surface area contributed by atoms with Gasteiger partial charge >= 0.3 is 0 Å². The molecule has 142 valence electrons. The highest BCUT2D eigenvalue weighted by atomic mass is 16.4. The van der Waals surface area contributed by atoms with Gasteiger partial charge in [-0.05, 0) is 11.1 Å². The number of aliphatic hydroxyl groups is 6. The summed E-state index contributed by atoms with van der Waals surface area (Å²) in [5, 5.41) is 60.5. The Hall–Kier alpha value is -1.80. The molecule has 0 spiro atoms. The van der Waals surface area contributed by atoms with E-state index in [1.165, 1.54) is 0 Å². The van der Waals surface area contributed by atoms with Gasteiger partial charge < -0.3 is 30.6 Å². The molecule has 0 aliphatic rings. The number of rotatable bonds is 9. The van der Waals surface area contributed by atoms with Crippen molar-refractivity contribution >= 4 is 0 Å². The molecule has 6 N–H and O–H groups in total. The lowest BCUT2D eigenvalue weighted by Crippen LogP contribution is -2.57. The van der Waals surface area contributed by atoms with Gasteiger partial charge in [-0.2, -0.15) is 0 Å². The summed E-state index contributed by atoms with van der Waals surface area (Å²) in [6.07, 6.45) is -6.95. The predicted octanol–water partition coefficient (Wildman–Crippen LogP) is -0.361. The Morgan fingerprint density at radius 2 is 1.12 bits per heavy atom. The average Bonchev–Trinajstić information content (AvgIpc) is 2.67. The van der Waals surface area contributed by atoms with Gasteiger partial charge in [0.1, 0.15) is 30.0 Å². The molecule has 4 atom stereocenters. The SMILES string of the molecule is OC[C@@H](O)[C@@H](O)[C@H](O)[C@H](O)C(O)(Cc1ccccc1)Cc1ccccc1. The van der Waals surface area contributed by atoms with Crippen molar-refractivity contribution in [1.29, 1.82) is 0 Å². The summed E-state index contributed by atoms with van der Waals surface area (Å²) in [4.78, 5) is 0. The maximum Gasteiger partial charge on any atom is 0.112 e. The molecular weight excluding hydrogens is 336 g/mol. The van der Waals surface area contributed by atoms with E-state index in [2.05, 4.69) is 0 Å². The molecular formula is C20H26O6. The first-order valence-corrected chi connectivity index (χ1v) is 8.51. The second kappa shape index (κ2) is 9.23. The van der Waals surface area contributed by atoms with Crippen molar-refractivity contribution in [3.63, 3.8) is 0 Å². The lowest BCUT2D eigenvalue weighted by atomic mass is 9.79. The smallest absolute Gasteiger partial charge is 0.112 e. The van der Waals surface area contributed by atoms with Crippen molar-refractivity contribution in [2.45, 2.75) is 42.9 Å². The monoisotopic (exact) mass is 362 g/mol. The maximum absolute atomic E-state index is 11.2. The van der Waals surface area contributed by atoms with Gasteiger partial charge in [-0.15, -0.1) is 0 Å². The van der Waals surface area contributed by atoms with E-state index in [0.717, 1.165) is 11.1 Å². The summed E-state index contributed by atoms with van der Waals surface area (Å²) in [5.41, 5.74) is -0.304. The van der Waals surface area contributed by atoms with Crippen LogP contribution in [0.1, 0.15) is 11.1 Å². The zero-order chi connectivity index (χ0) is 19.2. The summed E-state index contributed by atoms with van der Waals surface area (Å²) in [5.74, 6) is 0. The Labute approximate surface area is 152 Å². The maximum atomic E-state index is 11.2. The van der Waals surface area contributed by atoms with Gasteiger partial charge in [-0.3, -0.25) is 0 Å². The molecule has 0 heterocycles. The van der Waals surface area contributed by atoms with Crippen LogP contribution in [0.3, 0.4) is 0 Å². The van der Waals surface area contributed by atoms with Crippen LogP contribution in [0.4, 0.5) is 0 Å². The van der Waals surface area contributed by atoms with Crippen LogP contribution >= 0.6 is 0 Å². The highest BCUT2D eigenvalue weighted by molar-refractivity contribution is 5.23. The van der Waals surface area contributed by atoms with Crippen molar-refractivity contribution in [2.75, 3.05) is 6.61 Å². The predicted molar refractivity (Wildman–Crippen MR) is 96.4 cm³/mol. The molecule has 0 radical (unpaired) electrons. The van der Waals surface area contributed by atoms with Crippen molar-refractivity contribution in [3.8, 4) is 0 Å². The standard InChI is InChI=1S/C20H26O6/c21-13-16(22)17(23)18(24)19(25)20(26,11-14-7-3-1-4-8-14)12-15-9-5-2-6-10-15/h1-10,16-19,21-26H,11-13H2/t16-,17-,18+,19+/m1/s1. The molecule has 6 nitrogen and oxygen atoms in total. The lowest BCUT2D eigenvalue weighted by Gasteiger charge is -2.38. The van der Waals surface area contributed by atoms with E-state index >= 15 is 0 Å². The number of hydrogen-bond donors (Lipinski definition) is 6. The van der Waals surface area contributed by atoms with E-state index in [1.807, 2.05) is 12.1 Å². The van der Waals surface area contributed by atoms with Crippen LogP contribution in [0.15, 0.2) is 60.7 Å². The molecule has 26 heavy (non-hydrogen) atoms. The molecule has 0 saturated carbocycles. The average molecular weight is 362 g/mol. The first-order chi connectivity index (χ1) is 12.4. The molecule has 2 aromatic rings. The van der Waals surface area contributed by atoms with Crippen molar-refractivity contribution in [1.82, 2.24) is 0 Å². The van der Waals surface area contributed by atoms with Gasteiger partial charge in [0.25, 0.3) is 0 Å². The second-order valence-corrected chi connectivity index (χ2v) is 6.60. The van der Waals surface area contributed by atoms with Crippen LogP contribution in [0, 0.1) is 0 Å². The first-order valence-electron chi connectivity index (χ1n) is 8.51. The van der Waals surface area contributed by atoms with Crippen molar-refractivity contribution in [3.05, 3.63) is 71.8 Å². The number of aliphatic hydroxyl groups excluding tert-OH is 5. The fourth-order valence-corrected chi connectivity index (χ4v) is 3.01. The third kappa shape index (κ3) is 5.11. The summed E-state index contributed by atoms with van der Waals surface area (Å²) in [6, 6.07) is 18.0. The van der Waals surface area contributed by atoms with Crippen LogP contribution in [0.5, 0.6) is 0 Å². The van der Waals surface area contributed by atoms with Crippen LogP contribution in [0.2, 0.25) is 0 Å². The minimum absolute atomic E-state index is 0.0307. The van der Waals surface area contributed by atoms with Gasteiger partial charge in [0, 0.05) is 12.8 Å². The largest absolute Gasteiger partial charge is 0.394 e. The second-order valence-electron chi connectivity index (χ2n) is 6.60. The third-order valence-corrected chi connectivity index (χ3v) is 4.51. The van der Waals surface area contributed by atoms with Crippen LogP contribution < -0.4 is 0 Å². The summed E-state index contributed by atoms with van der Waals surface area (Å²) >= 11 is 0. The molecule has 0 aliphatic carbocycles. The molecule has 0 saturated heterocycles. The van der Waals surface area contributed by atoms with E-state index < -0.39 is 36.6 Å². The lowest BCUT2D eigenvalue weighted by molar-refractivity contribution is -0.172. The molecule has 0 unspecified atom stereocenters. The van der Waals surface area contributed by atoms with Crippen molar-refractivity contribution < 1.29 is 30.6 Å². The molecule has 0 bridgehead atoms. The summed E-state index contributed by atoms with van der Waals surface area (Å²) in [7, 11) is 0. The van der Waals surface area contributed by atoms with Gasteiger partial charge in [0.05, 0.1) is 6.61 Å². The fraction of sp³-hybridized carbons (Fsp3) is 0.400. The van der Waals surface area contributed by atoms with Crippen LogP contribution in [-0.4, -0.2) is 67.3 Å². The molecule has 0 amide bonds. The molecule has 6 heteroatoms. The molecule has 2 rings (SSSR count). The van der Waals surface area contributed by atoms with E-state index in [4.69, 9.17) is 5.11 Å². The molecule has 0 aliphatic heterocycles. The molecule has 0 aromatic heterocycles. The van der Waals surface area contributed by atoms with Crippen LogP contribution in [0.25, 0.3) is 0 Å². The van der Waals surface area contributed by atoms with Gasteiger partial charge in [-0.25, -0.2) is 0 Å². The highest BCUT2D eigenvalue weighted by Gasteiger charge is 2.44. The topological polar surface area (TPSA) is 121 Å². The van der Waals surface area contributed by atoms with Crippen LogP contribution in [-0.2, 0) is 12.8 Å². The van der Waals surface area contributed by atoms with E-state index in [9.17, 15) is 25.5 Å². The normalized spacial score (nSPS) is 16.7. The van der Waals surface area contributed by atoms with E-state index in [1.54, 1.807) is 48.5 Å². The van der Waals surface area contributed by atoms with E-state index in [-0.39, 0.29) is 12.8 Å². The third-order valence-electron chi connectivity index (χ3n) is 4.51. The van der Waals surface area contributed by atoms with E-state index in [0.29, 0.717) is 0 Å². The molecule has 0 fully saturated rings. The Bertz CT molecular complexity index is 606.